The van der Waals surface area contributed by atoms with Crippen molar-refractivity contribution in [2.45, 2.75) is 32.3 Å². The van der Waals surface area contributed by atoms with Crippen molar-refractivity contribution >= 4 is 10.0 Å². The van der Waals surface area contributed by atoms with E-state index in [2.05, 4.69) is 4.98 Å². The minimum atomic E-state index is -3.07. The quantitative estimate of drug-likeness (QED) is 0.679. The molecule has 22 heavy (non-hydrogen) atoms. The molecule has 2 rings (SSSR count). The summed E-state index contributed by atoms with van der Waals surface area (Å²) >= 11 is 0. The fraction of sp³-hybridized carbons (Fsp3) is 0.667. The van der Waals surface area contributed by atoms with Gasteiger partial charge in [0.25, 0.3) is 0 Å². The Balaban J connectivity index is 1.63. The second kappa shape index (κ2) is 8.45. The standard InChI is InChI=1S/C15H24N2O4S/c1-2-12-22(18,19)17-8-5-14(6-9-17)20-10-11-21-15-4-3-7-16-13-15/h3-4,7,13-14H,2,5-6,8-12H2,1H3. The van der Waals surface area contributed by atoms with Gasteiger partial charge in [0.15, 0.2) is 0 Å². The number of pyridine rings is 1. The Morgan fingerprint density at radius 2 is 2.09 bits per heavy atom. The molecule has 7 heteroatoms. The van der Waals surface area contributed by atoms with E-state index < -0.39 is 10.0 Å². The molecular weight excluding hydrogens is 304 g/mol. The van der Waals surface area contributed by atoms with E-state index in [1.54, 1.807) is 16.7 Å². The van der Waals surface area contributed by atoms with Crippen molar-refractivity contribution in [3.8, 4) is 5.75 Å². The molecule has 0 aliphatic carbocycles. The van der Waals surface area contributed by atoms with Gasteiger partial charge in [0.2, 0.25) is 10.0 Å². The van der Waals surface area contributed by atoms with Crippen LogP contribution in [-0.4, -0.2) is 55.9 Å². The summed E-state index contributed by atoms with van der Waals surface area (Å²) in [5.41, 5.74) is 0. The van der Waals surface area contributed by atoms with E-state index in [0.717, 1.165) is 18.6 Å². The molecule has 0 radical (unpaired) electrons. The Hall–Kier alpha value is -1.18. The van der Waals surface area contributed by atoms with Crippen LogP contribution in [0, 0.1) is 0 Å². The van der Waals surface area contributed by atoms with Gasteiger partial charge in [0.1, 0.15) is 12.4 Å². The number of ether oxygens (including phenoxy) is 2. The molecule has 0 unspecified atom stereocenters. The zero-order valence-electron chi connectivity index (χ0n) is 13.0. The van der Waals surface area contributed by atoms with Crippen molar-refractivity contribution in [1.29, 1.82) is 0 Å². The van der Waals surface area contributed by atoms with Gasteiger partial charge in [-0.1, -0.05) is 6.92 Å². The van der Waals surface area contributed by atoms with Crippen LogP contribution in [0.4, 0.5) is 0 Å². The zero-order valence-corrected chi connectivity index (χ0v) is 13.8. The van der Waals surface area contributed by atoms with Crippen molar-refractivity contribution < 1.29 is 17.9 Å². The molecule has 1 aromatic rings. The van der Waals surface area contributed by atoms with Gasteiger partial charge >= 0.3 is 0 Å². The lowest BCUT2D eigenvalue weighted by Crippen LogP contribution is -2.42. The summed E-state index contributed by atoms with van der Waals surface area (Å²) in [6, 6.07) is 3.67. The smallest absolute Gasteiger partial charge is 0.214 e. The Kier molecular flexibility index (Phi) is 6.60. The molecule has 0 amide bonds. The van der Waals surface area contributed by atoms with E-state index in [1.165, 1.54) is 0 Å². The molecule has 1 aliphatic rings. The molecule has 0 N–H and O–H groups in total. The molecule has 0 saturated carbocycles. The highest BCUT2D eigenvalue weighted by Gasteiger charge is 2.27. The van der Waals surface area contributed by atoms with Gasteiger partial charge in [-0.15, -0.1) is 0 Å². The van der Waals surface area contributed by atoms with Crippen LogP contribution in [0.2, 0.25) is 0 Å². The van der Waals surface area contributed by atoms with Gasteiger partial charge in [0.05, 0.1) is 24.7 Å². The molecule has 2 heterocycles. The number of piperidine rings is 1. The highest BCUT2D eigenvalue weighted by atomic mass is 32.2. The maximum absolute atomic E-state index is 12.0. The van der Waals surface area contributed by atoms with Crippen LogP contribution in [0.15, 0.2) is 24.5 Å². The van der Waals surface area contributed by atoms with E-state index in [0.29, 0.717) is 32.7 Å². The fourth-order valence-corrected chi connectivity index (χ4v) is 4.01. The summed E-state index contributed by atoms with van der Waals surface area (Å²) < 4.78 is 36.8. The Labute approximate surface area is 132 Å². The van der Waals surface area contributed by atoms with Crippen molar-refractivity contribution in [1.82, 2.24) is 9.29 Å². The fourth-order valence-electron chi connectivity index (χ4n) is 2.47. The maximum atomic E-state index is 12.0. The average Bonchev–Trinajstić information content (AvgIpc) is 2.53. The van der Waals surface area contributed by atoms with Gasteiger partial charge in [-0.2, -0.15) is 0 Å². The number of hydrogen-bond donors (Lipinski definition) is 0. The maximum Gasteiger partial charge on any atom is 0.214 e. The minimum Gasteiger partial charge on any atom is -0.490 e. The second-order valence-electron chi connectivity index (χ2n) is 5.32. The van der Waals surface area contributed by atoms with Crippen LogP contribution >= 0.6 is 0 Å². The Morgan fingerprint density at radius 3 is 2.73 bits per heavy atom. The molecular formula is C15H24N2O4S. The zero-order chi connectivity index (χ0) is 15.8. The monoisotopic (exact) mass is 328 g/mol. The molecule has 1 aliphatic heterocycles. The summed E-state index contributed by atoms with van der Waals surface area (Å²) in [6.07, 6.45) is 5.63. The van der Waals surface area contributed by atoms with E-state index in [9.17, 15) is 8.42 Å². The number of sulfonamides is 1. The summed E-state index contributed by atoms with van der Waals surface area (Å²) in [5, 5.41) is 0. The third kappa shape index (κ3) is 5.23. The lowest BCUT2D eigenvalue weighted by Gasteiger charge is -2.31. The van der Waals surface area contributed by atoms with Crippen molar-refractivity contribution in [2.24, 2.45) is 0 Å². The molecule has 0 spiro atoms. The number of aromatic nitrogens is 1. The highest BCUT2D eigenvalue weighted by Crippen LogP contribution is 2.17. The molecule has 0 atom stereocenters. The third-order valence-electron chi connectivity index (χ3n) is 3.60. The van der Waals surface area contributed by atoms with Crippen molar-refractivity contribution in [3.63, 3.8) is 0 Å². The minimum absolute atomic E-state index is 0.116. The largest absolute Gasteiger partial charge is 0.490 e. The van der Waals surface area contributed by atoms with Crippen molar-refractivity contribution in [2.75, 3.05) is 32.1 Å². The topological polar surface area (TPSA) is 68.7 Å². The normalized spacial score (nSPS) is 17.5. The van der Waals surface area contributed by atoms with Crippen molar-refractivity contribution in [3.05, 3.63) is 24.5 Å². The van der Waals surface area contributed by atoms with Gasteiger partial charge in [0, 0.05) is 19.3 Å². The summed E-state index contributed by atoms with van der Waals surface area (Å²) in [7, 11) is -3.07. The van der Waals surface area contributed by atoms with E-state index >= 15 is 0 Å². The highest BCUT2D eigenvalue weighted by molar-refractivity contribution is 7.89. The summed E-state index contributed by atoms with van der Waals surface area (Å²) in [4.78, 5) is 3.97. The first-order valence-electron chi connectivity index (χ1n) is 7.74. The van der Waals surface area contributed by atoms with Crippen LogP contribution in [0.25, 0.3) is 0 Å². The summed E-state index contributed by atoms with van der Waals surface area (Å²) in [5.74, 6) is 0.962. The molecule has 6 nitrogen and oxygen atoms in total. The van der Waals surface area contributed by atoms with Gasteiger partial charge < -0.3 is 9.47 Å². The second-order valence-corrected chi connectivity index (χ2v) is 7.41. The van der Waals surface area contributed by atoms with Crippen LogP contribution in [0.5, 0.6) is 5.75 Å². The first-order chi connectivity index (χ1) is 10.6. The SMILES string of the molecule is CCCS(=O)(=O)N1CCC(OCCOc2cccnc2)CC1. The number of rotatable bonds is 8. The first kappa shape index (κ1) is 17.2. The van der Waals surface area contributed by atoms with Gasteiger partial charge in [-0.25, -0.2) is 12.7 Å². The molecule has 0 aromatic carbocycles. The van der Waals surface area contributed by atoms with Gasteiger partial charge in [-0.05, 0) is 31.4 Å². The predicted octanol–water partition coefficient (Wildman–Crippen LogP) is 1.68. The molecule has 1 saturated heterocycles. The van der Waals surface area contributed by atoms with Crippen LogP contribution < -0.4 is 4.74 Å². The van der Waals surface area contributed by atoms with E-state index in [-0.39, 0.29) is 11.9 Å². The first-order valence-corrected chi connectivity index (χ1v) is 9.35. The Morgan fingerprint density at radius 1 is 1.32 bits per heavy atom. The van der Waals surface area contributed by atoms with E-state index in [4.69, 9.17) is 9.47 Å². The molecule has 0 bridgehead atoms. The lowest BCUT2D eigenvalue weighted by atomic mass is 10.1. The van der Waals surface area contributed by atoms with Crippen LogP contribution in [0.3, 0.4) is 0 Å². The summed E-state index contributed by atoms with van der Waals surface area (Å²) in [6.45, 7) is 3.96. The molecule has 1 fully saturated rings. The van der Waals surface area contributed by atoms with Gasteiger partial charge in [-0.3, -0.25) is 4.98 Å². The molecule has 1 aromatic heterocycles. The predicted molar refractivity (Wildman–Crippen MR) is 84.4 cm³/mol. The Bertz CT molecular complexity index is 528. The molecule has 124 valence electrons. The number of nitrogens with zero attached hydrogens (tertiary/aromatic N) is 2. The average molecular weight is 328 g/mol. The van der Waals surface area contributed by atoms with E-state index in [1.807, 2.05) is 19.1 Å². The third-order valence-corrected chi connectivity index (χ3v) is 5.67. The van der Waals surface area contributed by atoms with Crippen LogP contribution in [-0.2, 0) is 14.8 Å². The lowest BCUT2D eigenvalue weighted by molar-refractivity contribution is 0.00697. The van der Waals surface area contributed by atoms with Crippen LogP contribution in [0.1, 0.15) is 26.2 Å². The number of hydrogen-bond acceptors (Lipinski definition) is 5.